The molecule has 0 aliphatic carbocycles. The predicted molar refractivity (Wildman–Crippen MR) is 100 cm³/mol. The summed E-state index contributed by atoms with van der Waals surface area (Å²) in [6, 6.07) is 5.59. The zero-order valence-electron chi connectivity index (χ0n) is 16.8. The first-order valence-electron chi connectivity index (χ1n) is 9.16. The lowest BCUT2D eigenvalue weighted by molar-refractivity contribution is -0.137. The van der Waals surface area contributed by atoms with Crippen molar-refractivity contribution >= 4 is 5.91 Å². The molecule has 0 saturated heterocycles. The molecule has 1 aliphatic heterocycles. The molecule has 2 atom stereocenters. The average molecular weight is 442 g/mol. The monoisotopic (exact) mass is 442 g/mol. The van der Waals surface area contributed by atoms with E-state index >= 15 is 0 Å². The molecule has 0 fully saturated rings. The molecule has 2 unspecified atom stereocenters. The van der Waals surface area contributed by atoms with E-state index in [1.807, 2.05) is 0 Å². The highest BCUT2D eigenvalue weighted by Crippen LogP contribution is 2.31. The second kappa shape index (κ2) is 8.44. The van der Waals surface area contributed by atoms with Crippen molar-refractivity contribution in [1.29, 1.82) is 0 Å². The largest absolute Gasteiger partial charge is 0.443 e. The number of carbonyl (C=O) groups excluding carboxylic acids is 1. The van der Waals surface area contributed by atoms with Crippen molar-refractivity contribution < 1.29 is 36.2 Å². The normalized spacial score (nSPS) is 17.1. The highest BCUT2D eigenvalue weighted by molar-refractivity contribution is 5.93. The van der Waals surface area contributed by atoms with Gasteiger partial charge in [-0.1, -0.05) is 0 Å². The van der Waals surface area contributed by atoms with Crippen LogP contribution in [0.4, 0.5) is 22.0 Å². The van der Waals surface area contributed by atoms with Gasteiger partial charge in [0.2, 0.25) is 0 Å². The maximum absolute atomic E-state index is 13.8. The van der Waals surface area contributed by atoms with Gasteiger partial charge in [0.15, 0.2) is 0 Å². The number of hydrogen-bond donors (Lipinski definition) is 1. The smallest absolute Gasteiger partial charge is 0.416 e. The molecule has 5 nitrogen and oxygen atoms in total. The van der Waals surface area contributed by atoms with Crippen LogP contribution in [0.15, 0.2) is 48.4 Å². The third-order valence-electron chi connectivity index (χ3n) is 4.79. The highest BCUT2D eigenvalue weighted by Gasteiger charge is 2.33. The Balaban J connectivity index is 1.62. The van der Waals surface area contributed by atoms with E-state index in [4.69, 9.17) is 9.47 Å². The highest BCUT2D eigenvalue weighted by atomic mass is 19.4. The van der Waals surface area contributed by atoms with Gasteiger partial charge in [0.25, 0.3) is 5.91 Å². The Morgan fingerprint density at radius 3 is 2.29 bits per heavy atom. The van der Waals surface area contributed by atoms with Gasteiger partial charge >= 0.3 is 12.6 Å². The van der Waals surface area contributed by atoms with Crippen LogP contribution in [0.1, 0.15) is 29.7 Å². The molecular weight excluding hydrogens is 423 g/mol. The van der Waals surface area contributed by atoms with Crippen LogP contribution in [0.5, 0.6) is 5.75 Å². The molecule has 0 radical (unpaired) electrons. The molecule has 2 aromatic carbocycles. The number of likely N-dealkylation sites (N-methyl/N-ethyl adjacent to an activating group) is 1. The molecular formula is C21H19F5N2O3. The van der Waals surface area contributed by atoms with Gasteiger partial charge in [-0.3, -0.25) is 9.69 Å². The molecule has 1 N–H and O–H groups in total. The quantitative estimate of drug-likeness (QED) is 0.686. The molecule has 1 heterocycles. The van der Waals surface area contributed by atoms with Crippen LogP contribution in [-0.2, 0) is 15.7 Å². The number of ether oxygens (including phenoxy) is 2. The molecule has 31 heavy (non-hydrogen) atoms. The lowest BCUT2D eigenvalue weighted by Gasteiger charge is -2.24. The van der Waals surface area contributed by atoms with Crippen LogP contribution in [0.25, 0.3) is 0 Å². The fourth-order valence-electron chi connectivity index (χ4n) is 2.84. The van der Waals surface area contributed by atoms with Crippen molar-refractivity contribution in [3.05, 3.63) is 76.7 Å². The van der Waals surface area contributed by atoms with Gasteiger partial charge in [-0.25, -0.2) is 8.78 Å². The van der Waals surface area contributed by atoms with Gasteiger partial charge in [-0.05, 0) is 55.8 Å². The molecule has 3 rings (SSSR count). The fourth-order valence-corrected chi connectivity index (χ4v) is 2.84. The number of hydrogen-bond acceptors (Lipinski definition) is 4. The summed E-state index contributed by atoms with van der Waals surface area (Å²) in [5, 5.41) is 2.61. The van der Waals surface area contributed by atoms with E-state index < -0.39 is 41.7 Å². The van der Waals surface area contributed by atoms with Gasteiger partial charge in [0.1, 0.15) is 29.3 Å². The number of carbonyl (C=O) groups is 1. The standard InChI is InChI=1S/C21H19F5N2O3/c1-11-16(22)8-13(9-17(11)23)12(2)27-19(29)18-10-30-20(28(18)3)31-15-6-4-14(5-7-15)21(24,25)26/h4-10,12,20H,1-3H3,(H,27,29). The molecule has 1 amide bonds. The van der Waals surface area contributed by atoms with Crippen LogP contribution in [0.3, 0.4) is 0 Å². The Kier molecular flexibility index (Phi) is 6.10. The number of alkyl halides is 3. The molecule has 166 valence electrons. The Morgan fingerprint density at radius 2 is 1.74 bits per heavy atom. The second-order valence-electron chi connectivity index (χ2n) is 7.00. The van der Waals surface area contributed by atoms with Crippen molar-refractivity contribution in [1.82, 2.24) is 10.2 Å². The molecule has 0 bridgehead atoms. The van der Waals surface area contributed by atoms with Crippen LogP contribution >= 0.6 is 0 Å². The van der Waals surface area contributed by atoms with E-state index in [0.29, 0.717) is 0 Å². The van der Waals surface area contributed by atoms with Gasteiger partial charge in [0, 0.05) is 12.6 Å². The van der Waals surface area contributed by atoms with E-state index in [9.17, 15) is 26.7 Å². The van der Waals surface area contributed by atoms with Crippen molar-refractivity contribution in [2.24, 2.45) is 0 Å². The van der Waals surface area contributed by atoms with Gasteiger partial charge in [-0.2, -0.15) is 13.2 Å². The maximum atomic E-state index is 13.8. The third kappa shape index (κ3) is 4.89. The Morgan fingerprint density at radius 1 is 1.16 bits per heavy atom. The zero-order chi connectivity index (χ0) is 22.9. The van der Waals surface area contributed by atoms with Crippen LogP contribution < -0.4 is 10.1 Å². The Bertz CT molecular complexity index is 982. The van der Waals surface area contributed by atoms with Gasteiger partial charge < -0.3 is 14.8 Å². The van der Waals surface area contributed by atoms with Crippen LogP contribution in [-0.4, -0.2) is 24.3 Å². The number of benzene rings is 2. The SMILES string of the molecule is Cc1c(F)cc(C(C)NC(=O)C2=COC(Oc3ccc(C(F)(F)F)cc3)N2C)cc1F. The number of nitrogens with one attached hydrogen (secondary N) is 1. The minimum absolute atomic E-state index is 0.0665. The van der Waals surface area contributed by atoms with E-state index in [-0.39, 0.29) is 22.6 Å². The first kappa shape index (κ1) is 22.4. The lowest BCUT2D eigenvalue weighted by atomic mass is 10.1. The first-order chi connectivity index (χ1) is 14.5. The summed E-state index contributed by atoms with van der Waals surface area (Å²) in [5.74, 6) is -1.92. The fraction of sp³-hybridized carbons (Fsp3) is 0.286. The number of halogens is 5. The second-order valence-corrected chi connectivity index (χ2v) is 7.00. The van der Waals surface area contributed by atoms with Crippen molar-refractivity contribution in [3.8, 4) is 5.75 Å². The molecule has 2 aromatic rings. The van der Waals surface area contributed by atoms with Gasteiger partial charge in [0.05, 0.1) is 11.6 Å². The summed E-state index contributed by atoms with van der Waals surface area (Å²) in [5.41, 5.74) is -0.626. The van der Waals surface area contributed by atoms with Crippen molar-refractivity contribution in [2.75, 3.05) is 7.05 Å². The summed E-state index contributed by atoms with van der Waals surface area (Å²) >= 11 is 0. The summed E-state index contributed by atoms with van der Waals surface area (Å²) < 4.78 is 76.3. The van der Waals surface area contributed by atoms with Crippen LogP contribution in [0.2, 0.25) is 0 Å². The van der Waals surface area contributed by atoms with E-state index in [1.54, 1.807) is 6.92 Å². The molecule has 10 heteroatoms. The summed E-state index contributed by atoms with van der Waals surface area (Å²) in [6.45, 7) is 2.87. The predicted octanol–water partition coefficient (Wildman–Crippen LogP) is 4.64. The Labute approximate surface area is 175 Å². The Hall–Kier alpha value is -3.30. The number of nitrogens with zero attached hydrogens (tertiary/aromatic N) is 1. The molecule has 1 aliphatic rings. The van der Waals surface area contributed by atoms with E-state index in [1.165, 1.54) is 18.9 Å². The van der Waals surface area contributed by atoms with Gasteiger partial charge in [-0.15, -0.1) is 0 Å². The number of amides is 1. The first-order valence-corrected chi connectivity index (χ1v) is 9.16. The van der Waals surface area contributed by atoms with Crippen LogP contribution in [0, 0.1) is 18.6 Å². The topological polar surface area (TPSA) is 50.8 Å². The van der Waals surface area contributed by atoms with Crippen molar-refractivity contribution in [2.45, 2.75) is 32.5 Å². The molecule has 0 spiro atoms. The number of rotatable bonds is 5. The minimum atomic E-state index is -4.47. The zero-order valence-corrected chi connectivity index (χ0v) is 16.8. The lowest BCUT2D eigenvalue weighted by Crippen LogP contribution is -2.38. The minimum Gasteiger partial charge on any atom is -0.443 e. The summed E-state index contributed by atoms with van der Waals surface area (Å²) in [6.07, 6.45) is -4.42. The van der Waals surface area contributed by atoms with Crippen molar-refractivity contribution in [3.63, 3.8) is 0 Å². The average Bonchev–Trinajstić information content (AvgIpc) is 3.05. The van der Waals surface area contributed by atoms with E-state index in [0.717, 1.165) is 42.7 Å². The molecule has 0 aromatic heterocycles. The molecule has 0 saturated carbocycles. The summed E-state index contributed by atoms with van der Waals surface area (Å²) in [4.78, 5) is 13.9. The maximum Gasteiger partial charge on any atom is 0.416 e. The third-order valence-corrected chi connectivity index (χ3v) is 4.79. The van der Waals surface area contributed by atoms with E-state index in [2.05, 4.69) is 5.32 Å². The summed E-state index contributed by atoms with van der Waals surface area (Å²) in [7, 11) is 1.49.